The van der Waals surface area contributed by atoms with Crippen LogP contribution in [0.3, 0.4) is 0 Å². The van der Waals surface area contributed by atoms with Crippen molar-refractivity contribution in [1.29, 1.82) is 0 Å². The van der Waals surface area contributed by atoms with E-state index in [1.807, 2.05) is 36.4 Å². The van der Waals surface area contributed by atoms with Crippen molar-refractivity contribution in [1.82, 2.24) is 14.8 Å². The predicted octanol–water partition coefficient (Wildman–Crippen LogP) is 4.28. The number of benzene rings is 2. The van der Waals surface area contributed by atoms with Gasteiger partial charge in [-0.3, -0.25) is 0 Å². The molecule has 2 amide bonds. The van der Waals surface area contributed by atoms with Crippen LogP contribution in [0.25, 0.3) is 16.6 Å². The van der Waals surface area contributed by atoms with Crippen molar-refractivity contribution >= 4 is 40.3 Å². The molecule has 4 rings (SSSR count). The summed E-state index contributed by atoms with van der Waals surface area (Å²) in [6, 6.07) is 17.9. The standard InChI is InChI=1S/C19H15ClN6O/c20-13-3-1-4-15(11-13)23-19(27)22-14-8-6-12(7-9-14)16-5-2-10-26-17(16)18(21)24-25-26/h1-11H,21H2,(H2,22,23,27). The van der Waals surface area contributed by atoms with Gasteiger partial charge in [0.1, 0.15) is 5.52 Å². The third kappa shape index (κ3) is 3.54. The van der Waals surface area contributed by atoms with Gasteiger partial charge in [0.2, 0.25) is 0 Å². The maximum Gasteiger partial charge on any atom is 0.323 e. The van der Waals surface area contributed by atoms with Crippen LogP contribution in [0.4, 0.5) is 22.0 Å². The Kier molecular flexibility index (Phi) is 4.35. The van der Waals surface area contributed by atoms with Crippen LogP contribution in [0.5, 0.6) is 0 Å². The topological polar surface area (TPSA) is 97.3 Å². The van der Waals surface area contributed by atoms with Crippen molar-refractivity contribution in [3.8, 4) is 11.1 Å². The molecule has 2 aromatic carbocycles. The van der Waals surface area contributed by atoms with Crippen LogP contribution in [0.2, 0.25) is 5.02 Å². The summed E-state index contributed by atoms with van der Waals surface area (Å²) in [5.74, 6) is 0.369. The summed E-state index contributed by atoms with van der Waals surface area (Å²) >= 11 is 5.92. The van der Waals surface area contributed by atoms with E-state index in [1.54, 1.807) is 35.0 Å². The SMILES string of the molecule is Nc1nnn2cccc(-c3ccc(NC(=O)Nc4cccc(Cl)c4)cc3)c12. The number of rotatable bonds is 3. The zero-order valence-electron chi connectivity index (χ0n) is 14.1. The first-order chi connectivity index (χ1) is 13.1. The number of fused-ring (bicyclic) bond motifs is 1. The fourth-order valence-electron chi connectivity index (χ4n) is 2.80. The molecule has 2 aromatic heterocycles. The minimum Gasteiger partial charge on any atom is -0.380 e. The summed E-state index contributed by atoms with van der Waals surface area (Å²) in [4.78, 5) is 12.1. The highest BCUT2D eigenvalue weighted by Crippen LogP contribution is 2.28. The molecule has 7 nitrogen and oxygen atoms in total. The monoisotopic (exact) mass is 378 g/mol. The lowest BCUT2D eigenvalue weighted by Crippen LogP contribution is -2.19. The number of anilines is 3. The average Bonchev–Trinajstić information content (AvgIpc) is 3.04. The zero-order valence-corrected chi connectivity index (χ0v) is 14.8. The maximum absolute atomic E-state index is 12.1. The summed E-state index contributed by atoms with van der Waals surface area (Å²) in [6.45, 7) is 0. The number of nitrogens with one attached hydrogen (secondary N) is 2. The number of carbonyl (C=O) groups excluding carboxylic acids is 1. The van der Waals surface area contributed by atoms with Crippen molar-refractivity contribution in [3.63, 3.8) is 0 Å². The maximum atomic E-state index is 12.1. The first kappa shape index (κ1) is 16.9. The average molecular weight is 379 g/mol. The van der Waals surface area contributed by atoms with E-state index in [-0.39, 0.29) is 6.03 Å². The molecule has 0 bridgehead atoms. The van der Waals surface area contributed by atoms with Gasteiger partial charge in [0, 0.05) is 28.2 Å². The fraction of sp³-hybridized carbons (Fsp3) is 0. The number of amides is 2. The molecule has 0 spiro atoms. The molecular formula is C19H15ClN6O. The highest BCUT2D eigenvalue weighted by molar-refractivity contribution is 6.30. The van der Waals surface area contributed by atoms with Crippen molar-refractivity contribution in [2.75, 3.05) is 16.4 Å². The van der Waals surface area contributed by atoms with E-state index in [4.69, 9.17) is 17.3 Å². The third-order valence-corrected chi connectivity index (χ3v) is 4.24. The van der Waals surface area contributed by atoms with Gasteiger partial charge in [0.25, 0.3) is 0 Å². The number of hydrogen-bond donors (Lipinski definition) is 3. The molecule has 27 heavy (non-hydrogen) atoms. The lowest BCUT2D eigenvalue weighted by atomic mass is 10.1. The summed E-state index contributed by atoms with van der Waals surface area (Å²) < 4.78 is 1.63. The van der Waals surface area contributed by atoms with Crippen LogP contribution in [0.15, 0.2) is 66.9 Å². The van der Waals surface area contributed by atoms with Gasteiger partial charge in [-0.2, -0.15) is 0 Å². The van der Waals surface area contributed by atoms with E-state index in [2.05, 4.69) is 20.9 Å². The van der Waals surface area contributed by atoms with E-state index in [1.165, 1.54) is 0 Å². The molecule has 0 fully saturated rings. The first-order valence-corrected chi connectivity index (χ1v) is 8.51. The quantitative estimate of drug-likeness (QED) is 0.495. The number of aromatic nitrogens is 3. The number of halogens is 1. The van der Waals surface area contributed by atoms with E-state index in [9.17, 15) is 4.79 Å². The van der Waals surface area contributed by atoms with E-state index in [0.717, 1.165) is 16.6 Å². The molecular weight excluding hydrogens is 364 g/mol. The van der Waals surface area contributed by atoms with Gasteiger partial charge in [0.05, 0.1) is 0 Å². The van der Waals surface area contributed by atoms with Gasteiger partial charge in [-0.1, -0.05) is 41.1 Å². The normalized spacial score (nSPS) is 10.7. The molecule has 0 radical (unpaired) electrons. The van der Waals surface area contributed by atoms with Crippen molar-refractivity contribution in [2.45, 2.75) is 0 Å². The Labute approximate surface area is 159 Å². The number of pyridine rings is 1. The molecule has 0 unspecified atom stereocenters. The van der Waals surface area contributed by atoms with Gasteiger partial charge < -0.3 is 16.4 Å². The molecule has 4 N–H and O–H groups in total. The second-order valence-electron chi connectivity index (χ2n) is 5.86. The fourth-order valence-corrected chi connectivity index (χ4v) is 2.99. The number of hydrogen-bond acceptors (Lipinski definition) is 4. The second kappa shape index (κ2) is 6.97. The van der Waals surface area contributed by atoms with Gasteiger partial charge in [-0.05, 0) is 42.0 Å². The van der Waals surface area contributed by atoms with Crippen molar-refractivity contribution < 1.29 is 4.79 Å². The van der Waals surface area contributed by atoms with E-state index < -0.39 is 0 Å². The molecule has 0 saturated carbocycles. The van der Waals surface area contributed by atoms with Gasteiger partial charge >= 0.3 is 6.03 Å². The van der Waals surface area contributed by atoms with Crippen molar-refractivity contribution in [3.05, 3.63) is 71.9 Å². The van der Waals surface area contributed by atoms with Crippen LogP contribution in [-0.2, 0) is 0 Å². The highest BCUT2D eigenvalue weighted by Gasteiger charge is 2.10. The second-order valence-corrected chi connectivity index (χ2v) is 6.29. The van der Waals surface area contributed by atoms with E-state index >= 15 is 0 Å². The Morgan fingerprint density at radius 1 is 1.00 bits per heavy atom. The van der Waals surface area contributed by atoms with Crippen LogP contribution >= 0.6 is 11.6 Å². The summed E-state index contributed by atoms with van der Waals surface area (Å²) in [5.41, 5.74) is 9.80. The molecule has 0 aliphatic carbocycles. The van der Waals surface area contributed by atoms with Crippen LogP contribution in [0, 0.1) is 0 Å². The molecule has 0 aliphatic rings. The van der Waals surface area contributed by atoms with Crippen LogP contribution < -0.4 is 16.4 Å². The number of nitrogens with two attached hydrogens (primary N) is 1. The van der Waals surface area contributed by atoms with Crippen LogP contribution in [-0.4, -0.2) is 20.9 Å². The largest absolute Gasteiger partial charge is 0.380 e. The van der Waals surface area contributed by atoms with Crippen LogP contribution in [0.1, 0.15) is 0 Å². The third-order valence-electron chi connectivity index (χ3n) is 4.00. The molecule has 4 aromatic rings. The minimum absolute atomic E-state index is 0.351. The Bertz CT molecular complexity index is 1120. The first-order valence-electron chi connectivity index (χ1n) is 8.14. The Hall–Kier alpha value is -3.58. The zero-order chi connectivity index (χ0) is 18.8. The number of carbonyl (C=O) groups is 1. The predicted molar refractivity (Wildman–Crippen MR) is 107 cm³/mol. The van der Waals surface area contributed by atoms with E-state index in [0.29, 0.717) is 22.2 Å². The lowest BCUT2D eigenvalue weighted by molar-refractivity contribution is 0.262. The summed E-state index contributed by atoms with van der Waals surface area (Å²) in [6.07, 6.45) is 1.79. The molecule has 2 heterocycles. The Balaban J connectivity index is 1.52. The molecule has 0 aliphatic heterocycles. The van der Waals surface area contributed by atoms with Gasteiger partial charge in [0.15, 0.2) is 5.82 Å². The molecule has 0 atom stereocenters. The lowest BCUT2D eigenvalue weighted by Gasteiger charge is -2.09. The number of nitrogen functional groups attached to an aromatic ring is 1. The smallest absolute Gasteiger partial charge is 0.323 e. The number of nitrogens with zero attached hydrogens (tertiary/aromatic N) is 3. The Morgan fingerprint density at radius 3 is 2.56 bits per heavy atom. The summed E-state index contributed by atoms with van der Waals surface area (Å²) in [5, 5.41) is 14.0. The Morgan fingerprint density at radius 2 is 1.78 bits per heavy atom. The molecule has 8 heteroatoms. The van der Waals surface area contributed by atoms with Gasteiger partial charge in [-0.25, -0.2) is 9.31 Å². The minimum atomic E-state index is -0.351. The number of urea groups is 1. The molecule has 134 valence electrons. The van der Waals surface area contributed by atoms with Gasteiger partial charge in [-0.15, -0.1) is 5.10 Å². The summed E-state index contributed by atoms with van der Waals surface area (Å²) in [7, 11) is 0. The highest BCUT2D eigenvalue weighted by atomic mass is 35.5. The molecule has 0 saturated heterocycles. The van der Waals surface area contributed by atoms with Crippen molar-refractivity contribution in [2.24, 2.45) is 0 Å².